The molecule has 3 fully saturated rings. The van der Waals surface area contributed by atoms with Crippen molar-refractivity contribution in [3.05, 3.63) is 40.8 Å². The lowest BCUT2D eigenvalue weighted by Gasteiger charge is -2.32. The Kier molecular flexibility index (Phi) is 9.27. The molecule has 0 aromatic carbocycles. The summed E-state index contributed by atoms with van der Waals surface area (Å²) in [5.41, 5.74) is 15.7. The van der Waals surface area contributed by atoms with Crippen molar-refractivity contribution in [1.29, 1.82) is 5.26 Å². The number of nitrogen functional groups attached to an aromatic ring is 2. The first kappa shape index (κ1) is 32.9. The standard InChI is InChI=1S/C28H38N22/c1-15-21(41-43-25-17(11-29)12-39-49(25)27-33-6-4-7-34-27)23(30)47(45-15)19-10-20(38-14-37-19)48-24(31)22(16(2)46-48)42-44-26-18(32-3)13-40-50(26)28-35-8-5-9-36-28/h12-13,19-20,27-28,33-38H,4-10,14,30-31H2,1-2H3. The smallest absolute Gasteiger partial charge is 0.251 e. The Bertz CT molecular complexity index is 1840. The lowest BCUT2D eigenvalue weighted by molar-refractivity contribution is 0.193. The van der Waals surface area contributed by atoms with E-state index in [-0.39, 0.29) is 36.2 Å². The van der Waals surface area contributed by atoms with Gasteiger partial charge in [0.2, 0.25) is 0 Å². The van der Waals surface area contributed by atoms with Gasteiger partial charge >= 0.3 is 0 Å². The highest BCUT2D eigenvalue weighted by atomic mass is 15.5. The van der Waals surface area contributed by atoms with Crippen molar-refractivity contribution in [2.75, 3.05) is 44.3 Å². The Morgan fingerprint density at radius 1 is 0.760 bits per heavy atom. The van der Waals surface area contributed by atoms with E-state index in [2.05, 4.69) is 83.7 Å². The summed E-state index contributed by atoms with van der Waals surface area (Å²) >= 11 is 0. The van der Waals surface area contributed by atoms with Gasteiger partial charge in [-0.1, -0.05) is 0 Å². The Balaban J connectivity index is 1.11. The highest BCUT2D eigenvalue weighted by Gasteiger charge is 2.30. The van der Waals surface area contributed by atoms with Crippen LogP contribution in [0.5, 0.6) is 0 Å². The summed E-state index contributed by atoms with van der Waals surface area (Å²) in [7, 11) is 0. The van der Waals surface area contributed by atoms with E-state index in [1.54, 1.807) is 32.6 Å². The van der Waals surface area contributed by atoms with Crippen LogP contribution < -0.4 is 43.4 Å². The number of nitrogens with zero attached hydrogens (tertiary/aromatic N) is 14. The summed E-state index contributed by atoms with van der Waals surface area (Å²) in [6, 6.07) is 2.13. The number of azo groups is 2. The van der Waals surface area contributed by atoms with Crippen molar-refractivity contribution < 1.29 is 0 Å². The van der Waals surface area contributed by atoms with Gasteiger partial charge in [0.15, 0.2) is 47.2 Å². The molecule has 50 heavy (non-hydrogen) atoms. The van der Waals surface area contributed by atoms with E-state index in [9.17, 15) is 5.26 Å². The van der Waals surface area contributed by atoms with Crippen molar-refractivity contribution in [1.82, 2.24) is 71.0 Å². The van der Waals surface area contributed by atoms with Gasteiger partial charge in [0.25, 0.3) is 5.69 Å². The van der Waals surface area contributed by atoms with Crippen LogP contribution in [-0.4, -0.2) is 72.0 Å². The summed E-state index contributed by atoms with van der Waals surface area (Å²) in [6.07, 6.45) is 4.05. The summed E-state index contributed by atoms with van der Waals surface area (Å²) in [6.45, 7) is 14.8. The largest absolute Gasteiger partial charge is 0.382 e. The molecule has 0 saturated carbocycles. The quantitative estimate of drug-likeness (QED) is 0.0974. The second kappa shape index (κ2) is 14.1. The Hall–Kier alpha value is -5.62. The minimum Gasteiger partial charge on any atom is -0.382 e. The minimum atomic E-state index is -0.347. The SMILES string of the molecule is [C-]#[N+]c1cnn(C2NCCCN2)c1N=Nc1c(C)nn(C2CC(n3nc(C)c(N=Nc4c(C#N)cnn4C4NCCCN4)c3N)NCN2)c1N. The fourth-order valence-corrected chi connectivity index (χ4v) is 6.13. The van der Waals surface area contributed by atoms with Crippen molar-refractivity contribution in [3.8, 4) is 6.07 Å². The van der Waals surface area contributed by atoms with Gasteiger partial charge in [-0.25, -0.2) is 23.6 Å². The zero-order chi connectivity index (χ0) is 34.8. The van der Waals surface area contributed by atoms with Crippen LogP contribution in [0.1, 0.15) is 61.1 Å². The lowest BCUT2D eigenvalue weighted by atomic mass is 10.2. The van der Waals surface area contributed by atoms with E-state index in [1.165, 1.54) is 12.4 Å². The van der Waals surface area contributed by atoms with Crippen LogP contribution >= 0.6 is 0 Å². The van der Waals surface area contributed by atoms with Crippen molar-refractivity contribution in [2.24, 2.45) is 20.5 Å². The Morgan fingerprint density at radius 3 is 1.78 bits per heavy atom. The Labute approximate surface area is 286 Å². The van der Waals surface area contributed by atoms with E-state index in [0.717, 1.165) is 39.0 Å². The van der Waals surface area contributed by atoms with E-state index in [1.807, 2.05) is 0 Å². The zero-order valence-corrected chi connectivity index (χ0v) is 27.5. The molecule has 260 valence electrons. The van der Waals surface area contributed by atoms with Gasteiger partial charge in [-0.3, -0.25) is 31.9 Å². The summed E-state index contributed by atoms with van der Waals surface area (Å²) in [5, 5.41) is 65.5. The molecule has 7 rings (SSSR count). The Morgan fingerprint density at radius 2 is 1.26 bits per heavy atom. The molecule has 2 unspecified atom stereocenters. The molecule has 0 spiro atoms. The molecule has 22 nitrogen and oxygen atoms in total. The zero-order valence-electron chi connectivity index (χ0n) is 27.5. The highest BCUT2D eigenvalue weighted by Crippen LogP contribution is 2.37. The molecular formula is C28H38N22. The first-order valence-electron chi connectivity index (χ1n) is 16.2. The topological polar surface area (TPSA) is 273 Å². The second-order valence-corrected chi connectivity index (χ2v) is 12.0. The molecule has 10 N–H and O–H groups in total. The van der Waals surface area contributed by atoms with Crippen LogP contribution in [0.2, 0.25) is 0 Å². The number of aryl methyl sites for hydroxylation is 2. The molecule has 0 bridgehead atoms. The summed E-state index contributed by atoms with van der Waals surface area (Å²) < 4.78 is 6.54. The third kappa shape index (κ3) is 6.18. The molecule has 0 amide bonds. The number of aromatic nitrogens is 8. The number of nitrogens with two attached hydrogens (primary N) is 2. The molecule has 4 aromatic rings. The lowest BCUT2D eigenvalue weighted by Crippen LogP contribution is -2.47. The fraction of sp³-hybridized carbons (Fsp3) is 0.500. The number of hydrogen-bond acceptors (Lipinski definition) is 17. The molecule has 3 aliphatic rings. The molecule has 2 atom stereocenters. The maximum atomic E-state index is 9.68. The normalized spacial score (nSPS) is 20.9. The van der Waals surface area contributed by atoms with Crippen LogP contribution in [0.3, 0.4) is 0 Å². The van der Waals surface area contributed by atoms with Crippen molar-refractivity contribution in [3.63, 3.8) is 0 Å². The predicted molar refractivity (Wildman–Crippen MR) is 180 cm³/mol. The van der Waals surface area contributed by atoms with Crippen molar-refractivity contribution in [2.45, 2.75) is 58.0 Å². The van der Waals surface area contributed by atoms with Gasteiger partial charge in [-0.15, -0.1) is 20.5 Å². The molecule has 7 heterocycles. The molecule has 3 saturated heterocycles. The number of anilines is 2. The van der Waals surface area contributed by atoms with Gasteiger partial charge < -0.3 is 11.5 Å². The number of nitrogens with one attached hydrogen (secondary N) is 6. The third-order valence-electron chi connectivity index (χ3n) is 8.69. The van der Waals surface area contributed by atoms with Crippen LogP contribution in [0, 0.1) is 31.8 Å². The van der Waals surface area contributed by atoms with Gasteiger partial charge in [0.05, 0.1) is 30.4 Å². The first-order valence-corrected chi connectivity index (χ1v) is 16.2. The first-order chi connectivity index (χ1) is 24.4. The van der Waals surface area contributed by atoms with Crippen LogP contribution in [0.25, 0.3) is 4.85 Å². The molecule has 4 aromatic heterocycles. The van der Waals surface area contributed by atoms with E-state index in [4.69, 9.17) is 18.0 Å². The van der Waals surface area contributed by atoms with Gasteiger partial charge in [0, 0.05) is 13.1 Å². The van der Waals surface area contributed by atoms with E-state index < -0.39 is 0 Å². The molecular weight excluding hydrogens is 644 g/mol. The molecule has 0 aliphatic carbocycles. The number of rotatable bonds is 8. The maximum Gasteiger partial charge on any atom is 0.251 e. The van der Waals surface area contributed by atoms with E-state index in [0.29, 0.717) is 59.1 Å². The average Bonchev–Trinajstić information content (AvgIpc) is 3.90. The van der Waals surface area contributed by atoms with Crippen LogP contribution in [-0.2, 0) is 0 Å². The number of nitriles is 1. The van der Waals surface area contributed by atoms with Crippen molar-refractivity contribution >= 4 is 40.3 Å². The predicted octanol–water partition coefficient (Wildman–Crippen LogP) is 1.82. The average molecular weight is 683 g/mol. The minimum absolute atomic E-state index is 0.273. The monoisotopic (exact) mass is 682 g/mol. The highest BCUT2D eigenvalue weighted by molar-refractivity contribution is 5.64. The van der Waals surface area contributed by atoms with E-state index >= 15 is 0 Å². The van der Waals surface area contributed by atoms with Gasteiger partial charge in [-0.05, 0) is 52.9 Å². The third-order valence-corrected chi connectivity index (χ3v) is 8.69. The van der Waals surface area contributed by atoms with Crippen LogP contribution in [0.4, 0.5) is 40.3 Å². The fourth-order valence-electron chi connectivity index (χ4n) is 6.13. The second-order valence-electron chi connectivity index (χ2n) is 12.0. The molecule has 3 aliphatic heterocycles. The summed E-state index contributed by atoms with van der Waals surface area (Å²) in [4.78, 5) is 3.56. The molecule has 22 heteroatoms. The van der Waals surface area contributed by atoms with Gasteiger partial charge in [-0.2, -0.15) is 25.7 Å². The number of hydrogen-bond donors (Lipinski definition) is 8. The van der Waals surface area contributed by atoms with Crippen LogP contribution in [0.15, 0.2) is 32.9 Å². The summed E-state index contributed by atoms with van der Waals surface area (Å²) in [5.74, 6) is 1.23. The van der Waals surface area contributed by atoms with Gasteiger partial charge in [0.1, 0.15) is 24.0 Å². The molecule has 0 radical (unpaired) electrons. The maximum absolute atomic E-state index is 9.68.